The first kappa shape index (κ1) is 11.7. The average Bonchev–Trinajstić information content (AvgIpc) is 2.16. The first-order valence-corrected chi connectivity index (χ1v) is 4.27. The van der Waals surface area contributed by atoms with E-state index in [2.05, 4.69) is 10.3 Å². The Bertz CT molecular complexity index is 529. The van der Waals surface area contributed by atoms with Gasteiger partial charge in [-0.3, -0.25) is 19.4 Å². The SMILES string of the molecule is CC(NC(=O)c1c[nH]c(=O)[nH]c1=O)C(=O)O. The molecule has 1 rings (SSSR count). The Morgan fingerprint density at radius 1 is 1.44 bits per heavy atom. The molecule has 4 N–H and O–H groups in total. The van der Waals surface area contributed by atoms with Crippen LogP contribution in [-0.2, 0) is 4.79 Å². The van der Waals surface area contributed by atoms with Crippen LogP contribution in [0.4, 0.5) is 0 Å². The maximum atomic E-state index is 11.4. The fourth-order valence-electron chi connectivity index (χ4n) is 0.915. The predicted octanol–water partition coefficient (Wildman–Crippen LogP) is -1.73. The van der Waals surface area contributed by atoms with Crippen LogP contribution in [0, 0.1) is 0 Å². The van der Waals surface area contributed by atoms with E-state index >= 15 is 0 Å². The van der Waals surface area contributed by atoms with Gasteiger partial charge in [0.2, 0.25) is 0 Å². The van der Waals surface area contributed by atoms with Crippen molar-refractivity contribution in [2.75, 3.05) is 0 Å². The number of hydrogen-bond donors (Lipinski definition) is 4. The molecule has 86 valence electrons. The number of aromatic amines is 2. The molecule has 0 aromatic carbocycles. The van der Waals surface area contributed by atoms with Crippen LogP contribution in [0.3, 0.4) is 0 Å². The molecule has 1 atom stereocenters. The number of amides is 1. The Morgan fingerprint density at radius 3 is 2.56 bits per heavy atom. The van der Waals surface area contributed by atoms with E-state index in [1.807, 2.05) is 4.98 Å². The highest BCUT2D eigenvalue weighted by Gasteiger charge is 2.17. The van der Waals surface area contributed by atoms with Crippen LogP contribution in [0.5, 0.6) is 0 Å². The standard InChI is InChI=1S/C8H9N3O5/c1-3(7(14)15)10-5(12)4-2-9-8(16)11-6(4)13/h2-3H,1H3,(H,10,12)(H,14,15)(H2,9,11,13,16). The Balaban J connectivity index is 2.94. The van der Waals surface area contributed by atoms with Crippen LogP contribution < -0.4 is 16.6 Å². The third kappa shape index (κ3) is 2.56. The summed E-state index contributed by atoms with van der Waals surface area (Å²) in [6, 6.07) is -1.13. The van der Waals surface area contributed by atoms with Gasteiger partial charge in [-0.25, -0.2) is 4.79 Å². The highest BCUT2D eigenvalue weighted by Crippen LogP contribution is 1.88. The van der Waals surface area contributed by atoms with Crippen molar-refractivity contribution in [3.8, 4) is 0 Å². The van der Waals surface area contributed by atoms with Gasteiger partial charge in [0.15, 0.2) is 0 Å². The van der Waals surface area contributed by atoms with Crippen molar-refractivity contribution in [3.05, 3.63) is 32.6 Å². The molecule has 8 nitrogen and oxygen atoms in total. The van der Waals surface area contributed by atoms with Gasteiger partial charge in [0.05, 0.1) is 0 Å². The summed E-state index contributed by atoms with van der Waals surface area (Å²) in [7, 11) is 0. The van der Waals surface area contributed by atoms with E-state index in [1.54, 1.807) is 0 Å². The summed E-state index contributed by atoms with van der Waals surface area (Å²) in [6.07, 6.45) is 0.922. The van der Waals surface area contributed by atoms with Gasteiger partial charge < -0.3 is 15.4 Å². The number of carbonyl (C=O) groups excluding carboxylic acids is 1. The Morgan fingerprint density at radius 2 is 2.06 bits per heavy atom. The van der Waals surface area contributed by atoms with Gasteiger partial charge in [0, 0.05) is 6.20 Å². The third-order valence-corrected chi connectivity index (χ3v) is 1.78. The van der Waals surface area contributed by atoms with Gasteiger partial charge in [0.1, 0.15) is 11.6 Å². The molecule has 0 aliphatic rings. The van der Waals surface area contributed by atoms with E-state index in [4.69, 9.17) is 5.11 Å². The molecule has 0 radical (unpaired) electrons. The lowest BCUT2D eigenvalue weighted by Gasteiger charge is -2.07. The smallest absolute Gasteiger partial charge is 0.325 e. The molecule has 0 bridgehead atoms. The number of nitrogens with one attached hydrogen (secondary N) is 3. The van der Waals surface area contributed by atoms with Crippen molar-refractivity contribution in [1.29, 1.82) is 0 Å². The van der Waals surface area contributed by atoms with Crippen LogP contribution >= 0.6 is 0 Å². The molecule has 1 aromatic rings. The van der Waals surface area contributed by atoms with E-state index in [0.717, 1.165) is 6.20 Å². The maximum Gasteiger partial charge on any atom is 0.325 e. The molecule has 0 aliphatic heterocycles. The number of aromatic nitrogens is 2. The lowest BCUT2D eigenvalue weighted by Crippen LogP contribution is -2.41. The van der Waals surface area contributed by atoms with Gasteiger partial charge >= 0.3 is 11.7 Å². The lowest BCUT2D eigenvalue weighted by molar-refractivity contribution is -0.138. The summed E-state index contributed by atoms with van der Waals surface area (Å²) >= 11 is 0. The molecule has 1 aromatic heterocycles. The zero-order chi connectivity index (χ0) is 12.3. The summed E-state index contributed by atoms with van der Waals surface area (Å²) in [5.74, 6) is -2.10. The number of rotatable bonds is 3. The number of H-pyrrole nitrogens is 2. The first-order valence-electron chi connectivity index (χ1n) is 4.27. The molecule has 0 saturated heterocycles. The average molecular weight is 227 g/mol. The maximum absolute atomic E-state index is 11.4. The summed E-state index contributed by atoms with van der Waals surface area (Å²) in [6.45, 7) is 1.25. The van der Waals surface area contributed by atoms with Crippen LogP contribution in [0.1, 0.15) is 17.3 Å². The van der Waals surface area contributed by atoms with Crippen molar-refractivity contribution < 1.29 is 14.7 Å². The van der Waals surface area contributed by atoms with E-state index in [9.17, 15) is 19.2 Å². The van der Waals surface area contributed by atoms with E-state index in [-0.39, 0.29) is 5.56 Å². The molecule has 0 aliphatic carbocycles. The fraction of sp³-hybridized carbons (Fsp3) is 0.250. The Hall–Kier alpha value is -2.38. The second-order valence-corrected chi connectivity index (χ2v) is 3.02. The van der Waals surface area contributed by atoms with Crippen molar-refractivity contribution in [1.82, 2.24) is 15.3 Å². The van der Waals surface area contributed by atoms with Crippen LogP contribution in [-0.4, -0.2) is 33.0 Å². The fourth-order valence-corrected chi connectivity index (χ4v) is 0.915. The van der Waals surface area contributed by atoms with Gasteiger partial charge in [-0.1, -0.05) is 0 Å². The third-order valence-electron chi connectivity index (χ3n) is 1.78. The predicted molar refractivity (Wildman–Crippen MR) is 52.2 cm³/mol. The molecule has 16 heavy (non-hydrogen) atoms. The Kier molecular flexibility index (Phi) is 3.24. The van der Waals surface area contributed by atoms with Gasteiger partial charge in [-0.15, -0.1) is 0 Å². The summed E-state index contributed by atoms with van der Waals surface area (Å²) < 4.78 is 0. The number of carbonyl (C=O) groups is 2. The molecule has 8 heteroatoms. The first-order chi connectivity index (χ1) is 7.41. The molecular formula is C8H9N3O5. The number of aliphatic carboxylic acids is 1. The summed E-state index contributed by atoms with van der Waals surface area (Å²) in [5, 5.41) is 10.6. The van der Waals surface area contributed by atoms with Gasteiger partial charge in [-0.05, 0) is 6.92 Å². The zero-order valence-corrected chi connectivity index (χ0v) is 8.23. The minimum Gasteiger partial charge on any atom is -0.480 e. The summed E-state index contributed by atoms with van der Waals surface area (Å²) in [4.78, 5) is 47.6. The quantitative estimate of drug-likeness (QED) is 0.487. The van der Waals surface area contributed by atoms with Crippen molar-refractivity contribution >= 4 is 11.9 Å². The van der Waals surface area contributed by atoms with Gasteiger partial charge in [-0.2, -0.15) is 0 Å². The highest BCUT2D eigenvalue weighted by molar-refractivity contribution is 5.95. The number of carboxylic acid groups (broad SMARTS) is 1. The largest absolute Gasteiger partial charge is 0.480 e. The molecule has 0 saturated carbocycles. The second kappa shape index (κ2) is 4.43. The number of hydrogen-bond acceptors (Lipinski definition) is 4. The molecule has 1 heterocycles. The van der Waals surface area contributed by atoms with E-state index in [1.165, 1.54) is 6.92 Å². The van der Waals surface area contributed by atoms with Crippen LogP contribution in [0.25, 0.3) is 0 Å². The molecule has 1 amide bonds. The number of carboxylic acids is 1. The topological polar surface area (TPSA) is 132 Å². The molecular weight excluding hydrogens is 218 g/mol. The van der Waals surface area contributed by atoms with Crippen LogP contribution in [0.2, 0.25) is 0 Å². The van der Waals surface area contributed by atoms with Gasteiger partial charge in [0.25, 0.3) is 11.5 Å². The van der Waals surface area contributed by atoms with Crippen molar-refractivity contribution in [3.63, 3.8) is 0 Å². The van der Waals surface area contributed by atoms with Crippen molar-refractivity contribution in [2.45, 2.75) is 13.0 Å². The van der Waals surface area contributed by atoms with Crippen molar-refractivity contribution in [2.24, 2.45) is 0 Å². The minimum atomic E-state index is -1.23. The zero-order valence-electron chi connectivity index (χ0n) is 8.23. The Labute approximate surface area is 88.3 Å². The second-order valence-electron chi connectivity index (χ2n) is 3.02. The molecule has 0 spiro atoms. The molecule has 0 fully saturated rings. The van der Waals surface area contributed by atoms with E-state index < -0.39 is 29.2 Å². The summed E-state index contributed by atoms with van der Waals surface area (Å²) in [5.41, 5.74) is -1.97. The lowest BCUT2D eigenvalue weighted by atomic mass is 10.2. The van der Waals surface area contributed by atoms with E-state index in [0.29, 0.717) is 0 Å². The minimum absolute atomic E-state index is 0.354. The van der Waals surface area contributed by atoms with Crippen LogP contribution in [0.15, 0.2) is 15.8 Å². The highest BCUT2D eigenvalue weighted by atomic mass is 16.4. The monoisotopic (exact) mass is 227 g/mol. The normalized spacial score (nSPS) is 11.8. The molecule has 1 unspecified atom stereocenters.